The van der Waals surface area contributed by atoms with Crippen LogP contribution in [-0.2, 0) is 61.2 Å². The highest BCUT2D eigenvalue weighted by molar-refractivity contribution is 5.22. The molecule has 2 spiro atoms. The highest BCUT2D eigenvalue weighted by Crippen LogP contribution is 2.62. The Kier molecular flexibility index (Phi) is 9.66. The van der Waals surface area contributed by atoms with E-state index >= 15 is 0 Å². The summed E-state index contributed by atoms with van der Waals surface area (Å²) in [6.45, 7) is 15.7. The Balaban J connectivity index is 0.754. The molecule has 0 radical (unpaired) electrons. The van der Waals surface area contributed by atoms with Crippen molar-refractivity contribution in [3.05, 3.63) is 35.4 Å². The minimum absolute atomic E-state index is 0.0543. The monoisotopic (exact) mass is 726 g/mol. The van der Waals surface area contributed by atoms with Crippen LogP contribution in [0.5, 0.6) is 0 Å². The van der Waals surface area contributed by atoms with Crippen LogP contribution in [0, 0.1) is 47.3 Å². The van der Waals surface area contributed by atoms with Gasteiger partial charge in [0.1, 0.15) is 0 Å². The molecule has 0 amide bonds. The average molecular weight is 727 g/mol. The number of benzene rings is 1. The zero-order valence-electron chi connectivity index (χ0n) is 32.2. The topological polar surface area (TPSA) is 92.3 Å². The van der Waals surface area contributed by atoms with Crippen molar-refractivity contribution < 1.29 is 48.0 Å². The SMILES string of the molecule is C[C@@H]1CC[C@H]2[C@@H](C)C(CCOCc3cccc(COCCC4O[C@H]5O[C@@]6(C)CC[C@H]7[C@H](C)CC[C@@H]([C@H]4C)[C@@]57OO6)c3)O[C@H]3O[C@@]4(C)CC[C@@H]1[C@]32OO4. The number of ether oxygens (including phenoxy) is 6. The maximum atomic E-state index is 6.76. The molecule has 0 aromatic heterocycles. The van der Waals surface area contributed by atoms with E-state index in [0.29, 0.717) is 73.8 Å². The summed E-state index contributed by atoms with van der Waals surface area (Å²) in [5, 5.41) is 0. The first kappa shape index (κ1) is 36.5. The third-order valence-electron chi connectivity index (χ3n) is 15.2. The summed E-state index contributed by atoms with van der Waals surface area (Å²) >= 11 is 0. The first-order valence-electron chi connectivity index (χ1n) is 20.7. The Labute approximate surface area is 310 Å². The highest BCUT2D eigenvalue weighted by atomic mass is 17.3. The van der Waals surface area contributed by atoms with Gasteiger partial charge in [-0.15, -0.1) is 0 Å². The molecule has 1 aromatic rings. The van der Waals surface area contributed by atoms with Gasteiger partial charge in [0.05, 0.1) is 25.4 Å². The van der Waals surface area contributed by atoms with Gasteiger partial charge in [-0.1, -0.05) is 52.0 Å². The smallest absolute Gasteiger partial charge is 0.201 e. The van der Waals surface area contributed by atoms with Gasteiger partial charge in [0.2, 0.25) is 11.6 Å². The number of fused-ring (bicyclic) bond motifs is 4. The molecule has 11 rings (SSSR count). The van der Waals surface area contributed by atoms with Crippen molar-refractivity contribution in [3.63, 3.8) is 0 Å². The number of hydrogen-bond acceptors (Lipinski definition) is 10. The predicted octanol–water partition coefficient (Wildman–Crippen LogP) is 8.00. The molecule has 2 aliphatic carbocycles. The van der Waals surface area contributed by atoms with Gasteiger partial charge in [-0.25, -0.2) is 19.6 Å². The maximum Gasteiger partial charge on any atom is 0.201 e. The summed E-state index contributed by atoms with van der Waals surface area (Å²) in [6.07, 6.45) is 9.37. The van der Waals surface area contributed by atoms with Crippen molar-refractivity contribution in [2.24, 2.45) is 47.3 Å². The summed E-state index contributed by atoms with van der Waals surface area (Å²) in [5.74, 6) is 1.76. The van der Waals surface area contributed by atoms with E-state index in [9.17, 15) is 0 Å². The second kappa shape index (κ2) is 13.8. The fourth-order valence-electron chi connectivity index (χ4n) is 12.2. The zero-order valence-corrected chi connectivity index (χ0v) is 32.2. The van der Waals surface area contributed by atoms with Crippen molar-refractivity contribution in [1.82, 2.24) is 0 Å². The van der Waals surface area contributed by atoms with Crippen molar-refractivity contribution in [3.8, 4) is 0 Å². The van der Waals surface area contributed by atoms with E-state index in [0.717, 1.165) is 62.5 Å². The van der Waals surface area contributed by atoms with Crippen molar-refractivity contribution in [2.75, 3.05) is 13.2 Å². The van der Waals surface area contributed by atoms with Crippen LogP contribution in [0.15, 0.2) is 24.3 Å². The van der Waals surface area contributed by atoms with Gasteiger partial charge < -0.3 is 28.4 Å². The van der Waals surface area contributed by atoms with E-state index in [2.05, 4.69) is 52.0 Å². The molecule has 8 saturated heterocycles. The minimum Gasteiger partial charge on any atom is -0.377 e. The van der Waals surface area contributed by atoms with Gasteiger partial charge in [0.25, 0.3) is 0 Å². The molecule has 4 bridgehead atoms. The largest absolute Gasteiger partial charge is 0.377 e. The molecule has 10 aliphatic rings. The molecule has 52 heavy (non-hydrogen) atoms. The molecular formula is C42H62O10. The normalized spacial score (nSPS) is 50.6. The quantitative estimate of drug-likeness (QED) is 0.175. The summed E-state index contributed by atoms with van der Waals surface area (Å²) in [4.78, 5) is 24.6. The lowest BCUT2D eigenvalue weighted by atomic mass is 9.57. The molecule has 2 unspecified atom stereocenters. The predicted molar refractivity (Wildman–Crippen MR) is 189 cm³/mol. The second-order valence-electron chi connectivity index (χ2n) is 18.4. The average Bonchev–Trinajstić information content (AvgIpc) is 3.50. The van der Waals surface area contributed by atoms with E-state index in [1.54, 1.807) is 0 Å². The highest BCUT2D eigenvalue weighted by Gasteiger charge is 2.70. The van der Waals surface area contributed by atoms with Crippen LogP contribution in [-0.4, -0.2) is 60.8 Å². The van der Waals surface area contributed by atoms with Gasteiger partial charge >= 0.3 is 0 Å². The third-order valence-corrected chi connectivity index (χ3v) is 15.2. The third kappa shape index (κ3) is 5.96. The molecule has 16 atom stereocenters. The van der Waals surface area contributed by atoms with Gasteiger partial charge in [-0.05, 0) is 112 Å². The van der Waals surface area contributed by atoms with Crippen LogP contribution in [0.4, 0.5) is 0 Å². The fourth-order valence-corrected chi connectivity index (χ4v) is 12.2. The molecule has 290 valence electrons. The molecule has 0 N–H and O–H groups in total. The van der Waals surface area contributed by atoms with Crippen molar-refractivity contribution in [2.45, 2.75) is 167 Å². The Morgan fingerprint density at radius 3 is 1.52 bits per heavy atom. The molecule has 8 aliphatic heterocycles. The van der Waals surface area contributed by atoms with Gasteiger partial charge in [-0.3, -0.25) is 0 Å². The van der Waals surface area contributed by atoms with Gasteiger partial charge in [0.15, 0.2) is 23.8 Å². The Hall–Kier alpha value is -1.18. The second-order valence-corrected chi connectivity index (χ2v) is 18.4. The van der Waals surface area contributed by atoms with Crippen LogP contribution in [0.3, 0.4) is 0 Å². The molecule has 1 aromatic carbocycles. The van der Waals surface area contributed by atoms with E-state index in [1.807, 2.05) is 13.8 Å². The summed E-state index contributed by atoms with van der Waals surface area (Å²) in [6, 6.07) is 8.55. The first-order valence-corrected chi connectivity index (χ1v) is 20.7. The van der Waals surface area contributed by atoms with Gasteiger partial charge in [-0.2, -0.15) is 0 Å². The van der Waals surface area contributed by atoms with E-state index < -0.39 is 35.4 Å². The summed E-state index contributed by atoms with van der Waals surface area (Å²) < 4.78 is 39.1. The molecule has 2 saturated carbocycles. The van der Waals surface area contributed by atoms with E-state index in [-0.39, 0.29) is 12.2 Å². The molecule has 10 heteroatoms. The zero-order chi connectivity index (χ0) is 35.9. The number of rotatable bonds is 10. The lowest BCUT2D eigenvalue weighted by Gasteiger charge is -2.60. The maximum absolute atomic E-state index is 6.76. The summed E-state index contributed by atoms with van der Waals surface area (Å²) in [5.41, 5.74) is 1.27. The minimum atomic E-state index is -0.746. The van der Waals surface area contributed by atoms with E-state index in [1.165, 1.54) is 12.8 Å². The van der Waals surface area contributed by atoms with E-state index in [4.69, 9.17) is 48.0 Å². The van der Waals surface area contributed by atoms with Crippen LogP contribution < -0.4 is 0 Å². The number of hydrogen-bond donors (Lipinski definition) is 0. The van der Waals surface area contributed by atoms with Crippen LogP contribution in [0.25, 0.3) is 0 Å². The molecule has 10 nitrogen and oxygen atoms in total. The fraction of sp³-hybridized carbons (Fsp3) is 0.857. The standard InChI is InChI=1S/C42H62O10/c1-25-10-12-33-27(3)35(45-37-41(33)31(25)14-18-39(5,47-37)49-51-41)16-20-43-23-29-8-7-9-30(22-29)24-44-21-17-36-28(4)34-13-11-26(2)32-15-19-40(6)48-38(46-36)42(32,34)52-50-40/h7-9,22,25-28,31-38H,10-21,23-24H2,1-6H3/t25-,26-,27-,28-,31+,32+,33+,34+,35?,36?,37+,38+,39-,40-,41-,42-/m1/s1. The molecular weight excluding hydrogens is 664 g/mol. The first-order chi connectivity index (χ1) is 25.0. The Bertz CT molecular complexity index is 1340. The molecule has 10 fully saturated rings. The van der Waals surface area contributed by atoms with Crippen LogP contribution >= 0.6 is 0 Å². The summed E-state index contributed by atoms with van der Waals surface area (Å²) in [7, 11) is 0. The van der Waals surface area contributed by atoms with Crippen molar-refractivity contribution in [1.29, 1.82) is 0 Å². The Morgan fingerprint density at radius 2 is 1.06 bits per heavy atom. The Morgan fingerprint density at radius 1 is 0.596 bits per heavy atom. The van der Waals surface area contributed by atoms with Crippen LogP contribution in [0.1, 0.15) is 117 Å². The van der Waals surface area contributed by atoms with Crippen LogP contribution in [0.2, 0.25) is 0 Å². The molecule has 8 heterocycles. The lowest BCUT2D eigenvalue weighted by Crippen LogP contribution is -2.70. The lowest BCUT2D eigenvalue weighted by molar-refractivity contribution is -0.571. The van der Waals surface area contributed by atoms with Gasteiger partial charge in [0, 0.05) is 37.9 Å². The van der Waals surface area contributed by atoms with Crippen molar-refractivity contribution >= 4 is 0 Å².